The number of ether oxygens (including phenoxy) is 1. The molecular weight excluding hydrogens is 230 g/mol. The van der Waals surface area contributed by atoms with Gasteiger partial charge in [0.2, 0.25) is 0 Å². The second-order valence-corrected chi connectivity index (χ2v) is 4.05. The van der Waals surface area contributed by atoms with Crippen molar-refractivity contribution in [3.8, 4) is 0 Å². The Balaban J connectivity index is 2.28. The standard InChI is InChI=1S/C11H10ClNO3/c1-6(14)10-9(13-11(15)16-10)7-2-4-8(12)5-3-7/h2-5,9-10H,1H3,(H,13,15)/t9-,10-/m1/s1. The van der Waals surface area contributed by atoms with E-state index in [4.69, 9.17) is 16.3 Å². The lowest BCUT2D eigenvalue weighted by Crippen LogP contribution is -2.27. The van der Waals surface area contributed by atoms with Crippen molar-refractivity contribution >= 4 is 23.5 Å². The minimum atomic E-state index is -0.756. The van der Waals surface area contributed by atoms with E-state index in [-0.39, 0.29) is 5.78 Å². The molecule has 0 saturated carbocycles. The Morgan fingerprint density at radius 1 is 1.38 bits per heavy atom. The van der Waals surface area contributed by atoms with Gasteiger partial charge in [0, 0.05) is 5.02 Å². The Morgan fingerprint density at radius 2 is 2.00 bits per heavy atom. The number of halogens is 1. The number of Topliss-reactive ketones (excluding diaryl/α,β-unsaturated/α-hetero) is 1. The van der Waals surface area contributed by atoms with Crippen LogP contribution in [-0.2, 0) is 9.53 Å². The van der Waals surface area contributed by atoms with E-state index in [2.05, 4.69) is 5.32 Å². The summed E-state index contributed by atoms with van der Waals surface area (Å²) in [6.45, 7) is 1.40. The zero-order valence-corrected chi connectivity index (χ0v) is 9.32. The van der Waals surface area contributed by atoms with Crippen molar-refractivity contribution in [3.63, 3.8) is 0 Å². The SMILES string of the molecule is CC(=O)[C@H]1OC(=O)N[C@@H]1c1ccc(Cl)cc1. The molecule has 1 fully saturated rings. The van der Waals surface area contributed by atoms with E-state index in [1.54, 1.807) is 24.3 Å². The zero-order chi connectivity index (χ0) is 11.7. The fourth-order valence-electron chi connectivity index (χ4n) is 1.67. The van der Waals surface area contributed by atoms with Gasteiger partial charge in [0.1, 0.15) is 6.04 Å². The quantitative estimate of drug-likeness (QED) is 0.860. The van der Waals surface area contributed by atoms with Crippen LogP contribution in [0.2, 0.25) is 5.02 Å². The van der Waals surface area contributed by atoms with E-state index in [1.165, 1.54) is 6.92 Å². The van der Waals surface area contributed by atoms with Crippen LogP contribution in [0.25, 0.3) is 0 Å². The van der Waals surface area contributed by atoms with Gasteiger partial charge in [-0.15, -0.1) is 0 Å². The molecule has 2 atom stereocenters. The van der Waals surface area contributed by atoms with Crippen molar-refractivity contribution in [2.24, 2.45) is 0 Å². The van der Waals surface area contributed by atoms with Gasteiger partial charge in [0.15, 0.2) is 11.9 Å². The molecule has 84 valence electrons. The minimum absolute atomic E-state index is 0.182. The van der Waals surface area contributed by atoms with E-state index in [0.717, 1.165) is 5.56 Å². The molecule has 4 nitrogen and oxygen atoms in total. The molecule has 0 aromatic heterocycles. The van der Waals surface area contributed by atoms with Gasteiger partial charge in [-0.25, -0.2) is 4.79 Å². The number of nitrogens with one attached hydrogen (secondary N) is 1. The molecule has 2 rings (SSSR count). The molecule has 0 aliphatic carbocycles. The average molecular weight is 240 g/mol. The van der Waals surface area contributed by atoms with Gasteiger partial charge in [0.25, 0.3) is 0 Å². The minimum Gasteiger partial charge on any atom is -0.436 e. The lowest BCUT2D eigenvalue weighted by molar-refractivity contribution is -0.124. The van der Waals surface area contributed by atoms with E-state index >= 15 is 0 Å². The average Bonchev–Trinajstić information content (AvgIpc) is 2.61. The maximum Gasteiger partial charge on any atom is 0.408 e. The van der Waals surface area contributed by atoms with Crippen LogP contribution in [-0.4, -0.2) is 18.0 Å². The first-order chi connectivity index (χ1) is 7.58. The molecule has 1 N–H and O–H groups in total. The van der Waals surface area contributed by atoms with Gasteiger partial charge < -0.3 is 10.1 Å². The number of ketones is 1. The highest BCUT2D eigenvalue weighted by molar-refractivity contribution is 6.30. The van der Waals surface area contributed by atoms with Gasteiger partial charge in [-0.05, 0) is 24.6 Å². The normalized spacial score (nSPS) is 23.8. The van der Waals surface area contributed by atoms with Crippen LogP contribution < -0.4 is 5.32 Å². The van der Waals surface area contributed by atoms with E-state index in [0.29, 0.717) is 5.02 Å². The molecule has 1 aliphatic rings. The summed E-state index contributed by atoms with van der Waals surface area (Å²) in [4.78, 5) is 22.4. The molecule has 1 aromatic rings. The fourth-order valence-corrected chi connectivity index (χ4v) is 1.79. The summed E-state index contributed by atoms with van der Waals surface area (Å²) in [5.74, 6) is -0.182. The molecule has 5 heteroatoms. The molecule has 16 heavy (non-hydrogen) atoms. The molecule has 0 spiro atoms. The molecule has 0 unspecified atom stereocenters. The Kier molecular flexibility index (Phi) is 2.83. The summed E-state index contributed by atoms with van der Waals surface area (Å²) < 4.78 is 4.89. The number of hydrogen-bond acceptors (Lipinski definition) is 3. The molecule has 1 aromatic carbocycles. The molecule has 0 bridgehead atoms. The monoisotopic (exact) mass is 239 g/mol. The van der Waals surface area contributed by atoms with Gasteiger partial charge >= 0.3 is 6.09 Å². The summed E-state index contributed by atoms with van der Waals surface area (Å²) in [7, 11) is 0. The first kappa shape index (κ1) is 11.0. The van der Waals surface area contributed by atoms with Gasteiger partial charge in [-0.3, -0.25) is 4.79 Å². The molecule has 1 aliphatic heterocycles. The van der Waals surface area contributed by atoms with Gasteiger partial charge in [0.05, 0.1) is 0 Å². The molecular formula is C11H10ClNO3. The lowest BCUT2D eigenvalue weighted by Gasteiger charge is -2.14. The highest BCUT2D eigenvalue weighted by Crippen LogP contribution is 2.26. The predicted molar refractivity (Wildman–Crippen MR) is 58.3 cm³/mol. The van der Waals surface area contributed by atoms with Crippen LogP contribution in [0.5, 0.6) is 0 Å². The Hall–Kier alpha value is -1.55. The number of rotatable bonds is 2. The van der Waals surface area contributed by atoms with Crippen LogP contribution in [0.1, 0.15) is 18.5 Å². The smallest absolute Gasteiger partial charge is 0.408 e. The number of carbonyl (C=O) groups excluding carboxylic acids is 2. The van der Waals surface area contributed by atoms with Crippen molar-refractivity contribution in [1.29, 1.82) is 0 Å². The van der Waals surface area contributed by atoms with E-state index in [1.807, 2.05) is 0 Å². The van der Waals surface area contributed by atoms with Crippen LogP contribution in [0.3, 0.4) is 0 Å². The molecule has 1 heterocycles. The number of alkyl carbamates (subject to hydrolysis) is 1. The third kappa shape index (κ3) is 2.02. The lowest BCUT2D eigenvalue weighted by atomic mass is 10.00. The van der Waals surface area contributed by atoms with E-state index in [9.17, 15) is 9.59 Å². The van der Waals surface area contributed by atoms with Crippen molar-refractivity contribution in [2.75, 3.05) is 0 Å². The van der Waals surface area contributed by atoms with Crippen molar-refractivity contribution in [1.82, 2.24) is 5.32 Å². The Morgan fingerprint density at radius 3 is 2.56 bits per heavy atom. The maximum atomic E-state index is 11.3. The van der Waals surface area contributed by atoms with Crippen LogP contribution >= 0.6 is 11.6 Å². The Labute approximate surface area is 97.5 Å². The van der Waals surface area contributed by atoms with Gasteiger partial charge in [-0.2, -0.15) is 0 Å². The second kappa shape index (κ2) is 4.14. The number of benzene rings is 1. The first-order valence-corrected chi connectivity index (χ1v) is 5.19. The van der Waals surface area contributed by atoms with Crippen LogP contribution in [0, 0.1) is 0 Å². The largest absolute Gasteiger partial charge is 0.436 e. The molecule has 1 amide bonds. The van der Waals surface area contributed by atoms with Crippen LogP contribution in [0.15, 0.2) is 24.3 Å². The molecule has 0 radical (unpaired) electrons. The predicted octanol–water partition coefficient (Wildman–Crippen LogP) is 2.08. The number of amides is 1. The van der Waals surface area contributed by atoms with Crippen molar-refractivity contribution in [3.05, 3.63) is 34.9 Å². The topological polar surface area (TPSA) is 55.4 Å². The molecule has 1 saturated heterocycles. The van der Waals surface area contributed by atoms with Gasteiger partial charge in [-0.1, -0.05) is 23.7 Å². The second-order valence-electron chi connectivity index (χ2n) is 3.61. The fraction of sp³-hybridized carbons (Fsp3) is 0.273. The zero-order valence-electron chi connectivity index (χ0n) is 8.57. The van der Waals surface area contributed by atoms with Crippen molar-refractivity contribution in [2.45, 2.75) is 19.1 Å². The number of carbonyl (C=O) groups is 2. The highest BCUT2D eigenvalue weighted by atomic mass is 35.5. The number of cyclic esters (lactones) is 1. The summed E-state index contributed by atoms with van der Waals surface area (Å²) in [6, 6.07) is 6.51. The summed E-state index contributed by atoms with van der Waals surface area (Å²) in [5.41, 5.74) is 0.801. The van der Waals surface area contributed by atoms with Crippen molar-refractivity contribution < 1.29 is 14.3 Å². The third-order valence-electron chi connectivity index (χ3n) is 2.44. The summed E-state index contributed by atoms with van der Waals surface area (Å²) in [5, 5.41) is 3.20. The number of hydrogen-bond donors (Lipinski definition) is 1. The first-order valence-electron chi connectivity index (χ1n) is 4.81. The summed E-state index contributed by atoms with van der Waals surface area (Å²) >= 11 is 5.76. The maximum absolute atomic E-state index is 11.3. The van der Waals surface area contributed by atoms with E-state index < -0.39 is 18.2 Å². The summed E-state index contributed by atoms with van der Waals surface area (Å²) in [6.07, 6.45) is -1.33. The Bertz CT molecular complexity index is 429. The van der Waals surface area contributed by atoms with Crippen LogP contribution in [0.4, 0.5) is 4.79 Å². The highest BCUT2D eigenvalue weighted by Gasteiger charge is 2.38. The third-order valence-corrected chi connectivity index (χ3v) is 2.69.